The third-order valence-electron chi connectivity index (χ3n) is 2.99. The van der Waals surface area contributed by atoms with Gasteiger partial charge >= 0.3 is 0 Å². The van der Waals surface area contributed by atoms with Crippen LogP contribution in [-0.4, -0.2) is 29.9 Å². The molecule has 1 aliphatic heterocycles. The maximum Gasteiger partial charge on any atom is 0.256 e. The lowest BCUT2D eigenvalue weighted by Gasteiger charge is -2.30. The van der Waals surface area contributed by atoms with Crippen molar-refractivity contribution in [3.8, 4) is 0 Å². The van der Waals surface area contributed by atoms with Crippen LogP contribution in [0.1, 0.15) is 23.2 Å². The molecule has 1 fully saturated rings. The van der Waals surface area contributed by atoms with Gasteiger partial charge in [-0.3, -0.25) is 4.79 Å². The lowest BCUT2D eigenvalue weighted by Crippen LogP contribution is -2.43. The number of amides is 1. The molecule has 1 heterocycles. The Hall–Kier alpha value is -0.940. The summed E-state index contributed by atoms with van der Waals surface area (Å²) in [5.74, 6) is -0.735. The van der Waals surface area contributed by atoms with Crippen LogP contribution in [0.25, 0.3) is 0 Å². The number of nitrogens with two attached hydrogens (primary N) is 1. The van der Waals surface area contributed by atoms with Crippen LogP contribution >= 0.6 is 15.9 Å². The first kappa shape index (κ1) is 12.5. The van der Waals surface area contributed by atoms with E-state index in [2.05, 4.69) is 15.9 Å². The highest BCUT2D eigenvalue weighted by Gasteiger charge is 2.23. The zero-order chi connectivity index (χ0) is 12.4. The van der Waals surface area contributed by atoms with E-state index in [1.54, 1.807) is 11.0 Å². The van der Waals surface area contributed by atoms with E-state index in [-0.39, 0.29) is 17.5 Å². The normalized spacial score (nSPS) is 17.2. The summed E-state index contributed by atoms with van der Waals surface area (Å²) in [5, 5.41) is 0. The van der Waals surface area contributed by atoms with E-state index >= 15 is 0 Å². The quantitative estimate of drug-likeness (QED) is 0.864. The van der Waals surface area contributed by atoms with Crippen LogP contribution in [0.15, 0.2) is 22.7 Å². The zero-order valence-electron chi connectivity index (χ0n) is 9.33. The molecule has 0 bridgehead atoms. The summed E-state index contributed by atoms with van der Waals surface area (Å²) < 4.78 is 14.3. The van der Waals surface area contributed by atoms with Crippen LogP contribution < -0.4 is 5.73 Å². The zero-order valence-corrected chi connectivity index (χ0v) is 10.9. The molecule has 2 rings (SSSR count). The molecule has 0 radical (unpaired) electrons. The molecule has 92 valence electrons. The molecule has 3 nitrogen and oxygen atoms in total. The topological polar surface area (TPSA) is 46.3 Å². The van der Waals surface area contributed by atoms with Gasteiger partial charge < -0.3 is 10.6 Å². The molecule has 0 aromatic heterocycles. The van der Waals surface area contributed by atoms with Crippen LogP contribution in [0, 0.1) is 5.82 Å². The predicted octanol–water partition coefficient (Wildman–Crippen LogP) is 2.15. The summed E-state index contributed by atoms with van der Waals surface area (Å²) in [7, 11) is 0. The Morgan fingerprint density at radius 2 is 2.06 bits per heavy atom. The largest absolute Gasteiger partial charge is 0.338 e. The molecule has 1 saturated heterocycles. The summed E-state index contributed by atoms with van der Waals surface area (Å²) in [6, 6.07) is 4.65. The van der Waals surface area contributed by atoms with E-state index in [9.17, 15) is 9.18 Å². The van der Waals surface area contributed by atoms with E-state index in [1.807, 2.05) is 0 Å². The number of halogens is 2. The molecule has 1 amide bonds. The number of hydrogen-bond acceptors (Lipinski definition) is 2. The Morgan fingerprint density at radius 1 is 1.41 bits per heavy atom. The van der Waals surface area contributed by atoms with Crippen LogP contribution in [0.3, 0.4) is 0 Å². The number of carbonyl (C=O) groups is 1. The van der Waals surface area contributed by atoms with Gasteiger partial charge in [0.05, 0.1) is 5.56 Å². The van der Waals surface area contributed by atoms with Gasteiger partial charge in [-0.2, -0.15) is 0 Å². The van der Waals surface area contributed by atoms with Gasteiger partial charge in [-0.05, 0) is 31.0 Å². The van der Waals surface area contributed by atoms with Gasteiger partial charge in [-0.15, -0.1) is 0 Å². The van der Waals surface area contributed by atoms with E-state index in [0.29, 0.717) is 17.6 Å². The number of rotatable bonds is 1. The fourth-order valence-electron chi connectivity index (χ4n) is 1.94. The van der Waals surface area contributed by atoms with Gasteiger partial charge in [0.25, 0.3) is 5.91 Å². The highest BCUT2D eigenvalue weighted by molar-refractivity contribution is 9.10. The maximum atomic E-state index is 13.6. The van der Waals surface area contributed by atoms with E-state index in [1.165, 1.54) is 12.1 Å². The molecule has 0 atom stereocenters. The van der Waals surface area contributed by atoms with Crippen molar-refractivity contribution in [2.75, 3.05) is 13.1 Å². The minimum Gasteiger partial charge on any atom is -0.338 e. The monoisotopic (exact) mass is 300 g/mol. The summed E-state index contributed by atoms with van der Waals surface area (Å²) in [6.07, 6.45) is 1.56. The second kappa shape index (κ2) is 5.14. The first-order chi connectivity index (χ1) is 8.08. The fraction of sp³-hybridized carbons (Fsp3) is 0.417. The molecule has 0 spiro atoms. The third-order valence-corrected chi connectivity index (χ3v) is 3.48. The van der Waals surface area contributed by atoms with Gasteiger partial charge in [-0.1, -0.05) is 15.9 Å². The Labute approximate surface area is 108 Å². The lowest BCUT2D eigenvalue weighted by molar-refractivity contribution is 0.0710. The van der Waals surface area contributed by atoms with Crippen molar-refractivity contribution in [3.63, 3.8) is 0 Å². The number of likely N-dealkylation sites (tertiary alicyclic amines) is 1. The molecule has 0 unspecified atom stereocenters. The Balaban J connectivity index is 2.14. The van der Waals surface area contributed by atoms with Crippen molar-refractivity contribution < 1.29 is 9.18 Å². The van der Waals surface area contributed by atoms with Crippen molar-refractivity contribution in [1.82, 2.24) is 4.90 Å². The van der Waals surface area contributed by atoms with Gasteiger partial charge in [0.15, 0.2) is 0 Å². The van der Waals surface area contributed by atoms with Crippen LogP contribution in [0.2, 0.25) is 0 Å². The van der Waals surface area contributed by atoms with Gasteiger partial charge in [0.1, 0.15) is 5.82 Å². The highest BCUT2D eigenvalue weighted by Crippen LogP contribution is 2.18. The average molecular weight is 301 g/mol. The minimum absolute atomic E-state index is 0.128. The van der Waals surface area contributed by atoms with Gasteiger partial charge in [-0.25, -0.2) is 4.39 Å². The molecule has 1 aromatic rings. The van der Waals surface area contributed by atoms with Gasteiger partial charge in [0, 0.05) is 23.6 Å². The summed E-state index contributed by atoms with van der Waals surface area (Å²) in [4.78, 5) is 13.7. The molecule has 0 saturated carbocycles. The second-order valence-electron chi connectivity index (χ2n) is 4.25. The molecular weight excluding hydrogens is 287 g/mol. The summed E-state index contributed by atoms with van der Waals surface area (Å²) in [6.45, 7) is 1.21. The first-order valence-corrected chi connectivity index (χ1v) is 6.37. The van der Waals surface area contributed by atoms with Crippen LogP contribution in [0.5, 0.6) is 0 Å². The molecule has 0 aliphatic carbocycles. The molecule has 1 aromatic carbocycles. The number of hydrogen-bond donors (Lipinski definition) is 1. The predicted molar refractivity (Wildman–Crippen MR) is 67.2 cm³/mol. The molecule has 1 aliphatic rings. The average Bonchev–Trinajstić information content (AvgIpc) is 2.29. The lowest BCUT2D eigenvalue weighted by atomic mass is 10.0. The van der Waals surface area contributed by atoms with Crippen molar-refractivity contribution in [2.24, 2.45) is 5.73 Å². The first-order valence-electron chi connectivity index (χ1n) is 5.58. The van der Waals surface area contributed by atoms with E-state index in [0.717, 1.165) is 12.8 Å². The number of nitrogens with zero attached hydrogens (tertiary/aromatic N) is 1. The molecular formula is C12H14BrFN2O. The van der Waals surface area contributed by atoms with Crippen LogP contribution in [-0.2, 0) is 0 Å². The van der Waals surface area contributed by atoms with E-state index in [4.69, 9.17) is 5.73 Å². The standard InChI is InChI=1S/C12H14BrFN2O/c13-8-1-2-10(11(14)7-8)12(17)16-5-3-9(15)4-6-16/h1-2,7,9H,3-6,15H2. The minimum atomic E-state index is -0.487. The molecule has 17 heavy (non-hydrogen) atoms. The highest BCUT2D eigenvalue weighted by atomic mass is 79.9. The van der Waals surface area contributed by atoms with Crippen molar-refractivity contribution in [3.05, 3.63) is 34.1 Å². The molecule has 2 N–H and O–H groups in total. The van der Waals surface area contributed by atoms with Crippen molar-refractivity contribution in [2.45, 2.75) is 18.9 Å². The number of piperidine rings is 1. The van der Waals surface area contributed by atoms with E-state index < -0.39 is 5.82 Å². The third kappa shape index (κ3) is 2.84. The second-order valence-corrected chi connectivity index (χ2v) is 5.17. The SMILES string of the molecule is NC1CCN(C(=O)c2ccc(Br)cc2F)CC1. The van der Waals surface area contributed by atoms with Crippen molar-refractivity contribution >= 4 is 21.8 Å². The Kier molecular flexibility index (Phi) is 3.79. The smallest absolute Gasteiger partial charge is 0.256 e. The Bertz CT molecular complexity index is 431. The summed E-state index contributed by atoms with van der Waals surface area (Å²) in [5.41, 5.74) is 5.90. The number of carbonyl (C=O) groups excluding carboxylic acids is 1. The fourth-order valence-corrected chi connectivity index (χ4v) is 2.27. The van der Waals surface area contributed by atoms with Crippen LogP contribution in [0.4, 0.5) is 4.39 Å². The molecule has 5 heteroatoms. The van der Waals surface area contributed by atoms with Crippen molar-refractivity contribution in [1.29, 1.82) is 0 Å². The number of benzene rings is 1. The maximum absolute atomic E-state index is 13.6. The van der Waals surface area contributed by atoms with Gasteiger partial charge in [0.2, 0.25) is 0 Å². The Morgan fingerprint density at radius 3 is 2.65 bits per heavy atom. The summed E-state index contributed by atoms with van der Waals surface area (Å²) >= 11 is 3.17.